The molecule has 0 aliphatic carbocycles. The highest BCUT2D eigenvalue weighted by Crippen LogP contribution is 2.43. The Labute approximate surface area is 143 Å². The van der Waals surface area contributed by atoms with Crippen LogP contribution in [0.15, 0.2) is 40.5 Å². The molecule has 0 spiro atoms. The molecule has 0 N–H and O–H groups in total. The maximum atomic E-state index is 12.6. The number of carbonyl (C=O) groups is 2. The molecule has 0 saturated carbocycles. The fraction of sp³-hybridized carbons (Fsp3) is 0.312. The van der Waals surface area contributed by atoms with Gasteiger partial charge in [-0.1, -0.05) is 35.5 Å². The van der Waals surface area contributed by atoms with E-state index in [2.05, 4.69) is 4.99 Å². The molecule has 3 rings (SSSR count). The molecule has 120 valence electrons. The van der Waals surface area contributed by atoms with Gasteiger partial charge in [0.15, 0.2) is 5.17 Å². The summed E-state index contributed by atoms with van der Waals surface area (Å²) in [5.41, 5.74) is 1.74. The molecule has 5 nitrogen and oxygen atoms in total. The Balaban J connectivity index is 2.17. The average molecular weight is 351 g/mol. The number of allylic oxidation sites excluding steroid dienone is 1. The third-order valence-corrected chi connectivity index (χ3v) is 5.16. The molecule has 0 aromatic heterocycles. The number of ether oxygens (including phenoxy) is 1. The van der Waals surface area contributed by atoms with Crippen molar-refractivity contribution >= 4 is 40.4 Å². The zero-order valence-electron chi connectivity index (χ0n) is 12.9. The molecule has 1 aromatic rings. The van der Waals surface area contributed by atoms with E-state index in [0.29, 0.717) is 21.5 Å². The lowest BCUT2D eigenvalue weighted by molar-refractivity contribution is -0.137. The van der Waals surface area contributed by atoms with E-state index in [1.54, 1.807) is 24.0 Å². The van der Waals surface area contributed by atoms with E-state index in [1.165, 1.54) is 18.9 Å². The van der Waals surface area contributed by atoms with Crippen LogP contribution in [0.1, 0.15) is 25.5 Å². The standard InChI is InChI=1S/C16H15ClN2O3S/c1-8-12(15(21)22-3)13(10-4-6-11(17)7-5-10)19-14(20)9(2)23-16(19)18-8/h4-7,9,13H,1-3H3/t9-,13+/m0/s1. The summed E-state index contributed by atoms with van der Waals surface area (Å²) in [5, 5.41) is 0.982. The van der Waals surface area contributed by atoms with E-state index in [0.717, 1.165) is 5.56 Å². The summed E-state index contributed by atoms with van der Waals surface area (Å²) < 4.78 is 4.91. The summed E-state index contributed by atoms with van der Waals surface area (Å²) in [5.74, 6) is -0.551. The first-order valence-corrected chi connectivity index (χ1v) is 8.32. The number of benzene rings is 1. The topological polar surface area (TPSA) is 59.0 Å². The monoisotopic (exact) mass is 350 g/mol. The third kappa shape index (κ3) is 2.66. The number of thioether (sulfide) groups is 1. The number of amides is 1. The number of aliphatic imine (C=N–C) groups is 1. The van der Waals surface area contributed by atoms with E-state index in [9.17, 15) is 9.59 Å². The highest BCUT2D eigenvalue weighted by molar-refractivity contribution is 8.15. The number of methoxy groups -OCH3 is 1. The van der Waals surface area contributed by atoms with E-state index in [-0.39, 0.29) is 11.2 Å². The lowest BCUT2D eigenvalue weighted by atomic mass is 9.94. The van der Waals surface area contributed by atoms with Crippen LogP contribution in [0, 0.1) is 0 Å². The van der Waals surface area contributed by atoms with Crippen molar-refractivity contribution in [1.82, 2.24) is 4.90 Å². The minimum Gasteiger partial charge on any atom is -0.466 e. The van der Waals surface area contributed by atoms with Crippen molar-refractivity contribution in [3.8, 4) is 0 Å². The van der Waals surface area contributed by atoms with Crippen molar-refractivity contribution in [2.45, 2.75) is 25.1 Å². The average Bonchev–Trinajstić information content (AvgIpc) is 2.80. The second-order valence-corrected chi connectivity index (χ2v) is 7.05. The Morgan fingerprint density at radius 3 is 2.61 bits per heavy atom. The van der Waals surface area contributed by atoms with Gasteiger partial charge in [-0.05, 0) is 31.5 Å². The summed E-state index contributed by atoms with van der Waals surface area (Å²) in [4.78, 5) is 30.9. The van der Waals surface area contributed by atoms with Gasteiger partial charge in [-0.2, -0.15) is 0 Å². The SMILES string of the molecule is COC(=O)C1=C(C)N=C2S[C@@H](C)C(=O)N2[C@@H]1c1ccc(Cl)cc1. The first kappa shape index (κ1) is 16.1. The fourth-order valence-electron chi connectivity index (χ4n) is 2.73. The van der Waals surface area contributed by atoms with Crippen molar-refractivity contribution in [3.63, 3.8) is 0 Å². The highest BCUT2D eigenvalue weighted by Gasteiger charge is 2.46. The summed E-state index contributed by atoms with van der Waals surface area (Å²) in [6.45, 7) is 3.59. The van der Waals surface area contributed by atoms with Crippen LogP contribution < -0.4 is 0 Å². The molecule has 1 aromatic carbocycles. The van der Waals surface area contributed by atoms with Gasteiger partial charge in [-0.15, -0.1) is 0 Å². The quantitative estimate of drug-likeness (QED) is 0.769. The largest absolute Gasteiger partial charge is 0.466 e. The van der Waals surface area contributed by atoms with Crippen LogP contribution >= 0.6 is 23.4 Å². The number of rotatable bonds is 2. The number of nitrogens with zero attached hydrogens (tertiary/aromatic N) is 2. The summed E-state index contributed by atoms with van der Waals surface area (Å²) in [6, 6.07) is 6.56. The molecular weight excluding hydrogens is 336 g/mol. The van der Waals surface area contributed by atoms with Gasteiger partial charge in [0, 0.05) is 5.02 Å². The molecule has 0 unspecified atom stereocenters. The van der Waals surface area contributed by atoms with Gasteiger partial charge in [0.25, 0.3) is 0 Å². The van der Waals surface area contributed by atoms with E-state index >= 15 is 0 Å². The first-order chi connectivity index (χ1) is 10.9. The Hall–Kier alpha value is -1.79. The molecule has 2 heterocycles. The van der Waals surface area contributed by atoms with Crippen LogP contribution in [0.3, 0.4) is 0 Å². The van der Waals surface area contributed by atoms with E-state index in [1.807, 2.05) is 19.1 Å². The Bertz CT molecular complexity index is 742. The predicted molar refractivity (Wildman–Crippen MR) is 90.2 cm³/mol. The van der Waals surface area contributed by atoms with Gasteiger partial charge in [0.05, 0.1) is 29.7 Å². The normalized spacial score (nSPS) is 23.7. The van der Waals surface area contributed by atoms with Crippen molar-refractivity contribution < 1.29 is 14.3 Å². The third-order valence-electron chi connectivity index (χ3n) is 3.85. The molecule has 1 amide bonds. The summed E-state index contributed by atoms with van der Waals surface area (Å²) in [6.07, 6.45) is 0. The number of hydrogen-bond donors (Lipinski definition) is 0. The molecule has 2 aliphatic heterocycles. The second kappa shape index (κ2) is 6.02. The molecule has 2 atom stereocenters. The molecule has 1 fully saturated rings. The van der Waals surface area contributed by atoms with Crippen LogP contribution in [0.5, 0.6) is 0 Å². The molecular formula is C16H15ClN2O3S. The smallest absolute Gasteiger partial charge is 0.338 e. The first-order valence-electron chi connectivity index (χ1n) is 7.07. The summed E-state index contributed by atoms with van der Waals surface area (Å²) >= 11 is 7.35. The van der Waals surface area contributed by atoms with Crippen LogP contribution in [-0.4, -0.2) is 34.3 Å². The maximum Gasteiger partial charge on any atom is 0.338 e. The van der Waals surface area contributed by atoms with Crippen LogP contribution in [0.4, 0.5) is 0 Å². The zero-order chi connectivity index (χ0) is 16.7. The highest BCUT2D eigenvalue weighted by atomic mass is 35.5. The van der Waals surface area contributed by atoms with Crippen molar-refractivity contribution in [3.05, 3.63) is 46.1 Å². The molecule has 0 bridgehead atoms. The Kier molecular flexibility index (Phi) is 4.21. The van der Waals surface area contributed by atoms with Crippen LogP contribution in [-0.2, 0) is 14.3 Å². The number of halogens is 1. The molecule has 7 heteroatoms. The van der Waals surface area contributed by atoms with Crippen molar-refractivity contribution in [2.75, 3.05) is 7.11 Å². The molecule has 1 saturated heterocycles. The van der Waals surface area contributed by atoms with Crippen LogP contribution in [0.25, 0.3) is 0 Å². The van der Waals surface area contributed by atoms with Crippen molar-refractivity contribution in [1.29, 1.82) is 0 Å². The van der Waals surface area contributed by atoms with Gasteiger partial charge in [0.2, 0.25) is 5.91 Å². The van der Waals surface area contributed by atoms with Crippen molar-refractivity contribution in [2.24, 2.45) is 4.99 Å². The Morgan fingerprint density at radius 1 is 1.35 bits per heavy atom. The maximum absolute atomic E-state index is 12.6. The molecule has 23 heavy (non-hydrogen) atoms. The molecule has 2 aliphatic rings. The summed E-state index contributed by atoms with van der Waals surface area (Å²) in [7, 11) is 1.32. The number of fused-ring (bicyclic) bond motifs is 1. The zero-order valence-corrected chi connectivity index (χ0v) is 14.4. The van der Waals surface area contributed by atoms with Gasteiger partial charge < -0.3 is 4.74 Å². The molecule has 0 radical (unpaired) electrons. The lowest BCUT2D eigenvalue weighted by Crippen LogP contribution is -2.40. The fourth-order valence-corrected chi connectivity index (χ4v) is 3.89. The lowest BCUT2D eigenvalue weighted by Gasteiger charge is -2.32. The number of esters is 1. The van der Waals surface area contributed by atoms with Gasteiger partial charge in [0.1, 0.15) is 0 Å². The van der Waals surface area contributed by atoms with Crippen LogP contribution in [0.2, 0.25) is 5.02 Å². The van der Waals surface area contributed by atoms with Gasteiger partial charge >= 0.3 is 5.97 Å². The number of amidine groups is 1. The predicted octanol–water partition coefficient (Wildman–Crippen LogP) is 3.16. The van der Waals surface area contributed by atoms with E-state index < -0.39 is 12.0 Å². The Morgan fingerprint density at radius 2 is 2.00 bits per heavy atom. The van der Waals surface area contributed by atoms with E-state index in [4.69, 9.17) is 16.3 Å². The van der Waals surface area contributed by atoms with Gasteiger partial charge in [-0.3, -0.25) is 9.69 Å². The van der Waals surface area contributed by atoms with Gasteiger partial charge in [-0.25, -0.2) is 9.79 Å². The number of hydrogen-bond acceptors (Lipinski definition) is 5. The number of carbonyl (C=O) groups excluding carboxylic acids is 2. The minimum absolute atomic E-state index is 0.0670. The minimum atomic E-state index is -0.544. The second-order valence-electron chi connectivity index (χ2n) is 5.31.